The standard InChI is InChI=1S/C16H13N5O3/c22-15(11-1-3-12(4-2-11)16(23)24)18-9-13-19-14(21-20-13)10-5-7-17-8-6-10/h1-8H,9H2,(H,18,22)(H,23,24)(H,19,20,21). The van der Waals surface area contributed by atoms with Gasteiger partial charge in [-0.1, -0.05) is 0 Å². The van der Waals surface area contributed by atoms with Gasteiger partial charge in [0.05, 0.1) is 12.1 Å². The van der Waals surface area contributed by atoms with E-state index in [2.05, 4.69) is 25.5 Å². The summed E-state index contributed by atoms with van der Waals surface area (Å²) in [5.41, 5.74) is 1.32. The van der Waals surface area contributed by atoms with Crippen LogP contribution in [0.5, 0.6) is 0 Å². The number of amides is 1. The first kappa shape index (κ1) is 15.3. The van der Waals surface area contributed by atoms with Crippen LogP contribution >= 0.6 is 0 Å². The fourth-order valence-electron chi connectivity index (χ4n) is 2.03. The minimum Gasteiger partial charge on any atom is -0.478 e. The number of carboxylic acid groups (broad SMARTS) is 1. The van der Waals surface area contributed by atoms with Crippen molar-refractivity contribution in [3.63, 3.8) is 0 Å². The number of aromatic nitrogens is 4. The number of hydrogen-bond donors (Lipinski definition) is 3. The number of nitrogens with one attached hydrogen (secondary N) is 2. The molecule has 0 aliphatic rings. The van der Waals surface area contributed by atoms with E-state index in [9.17, 15) is 9.59 Å². The monoisotopic (exact) mass is 323 g/mol. The number of carboxylic acids is 1. The van der Waals surface area contributed by atoms with Gasteiger partial charge in [0.1, 0.15) is 5.82 Å². The molecule has 0 saturated carbocycles. The molecule has 0 fully saturated rings. The number of benzene rings is 1. The van der Waals surface area contributed by atoms with Crippen molar-refractivity contribution in [1.82, 2.24) is 25.5 Å². The number of rotatable bonds is 5. The van der Waals surface area contributed by atoms with E-state index in [-0.39, 0.29) is 18.0 Å². The predicted octanol–water partition coefficient (Wildman–Crippen LogP) is 1.49. The summed E-state index contributed by atoms with van der Waals surface area (Å²) in [5.74, 6) is -0.328. The van der Waals surface area contributed by atoms with Gasteiger partial charge in [-0.25, -0.2) is 9.78 Å². The number of hydrogen-bond acceptors (Lipinski definition) is 5. The van der Waals surface area contributed by atoms with Gasteiger partial charge in [-0.2, -0.15) is 5.10 Å². The first-order valence-corrected chi connectivity index (χ1v) is 7.07. The lowest BCUT2D eigenvalue weighted by Gasteiger charge is -2.03. The lowest BCUT2D eigenvalue weighted by Crippen LogP contribution is -2.23. The maximum Gasteiger partial charge on any atom is 0.335 e. The summed E-state index contributed by atoms with van der Waals surface area (Å²) in [6.07, 6.45) is 3.29. The van der Waals surface area contributed by atoms with Crippen LogP contribution in [0, 0.1) is 0 Å². The summed E-state index contributed by atoms with van der Waals surface area (Å²) in [6, 6.07) is 9.26. The topological polar surface area (TPSA) is 121 Å². The predicted molar refractivity (Wildman–Crippen MR) is 84.2 cm³/mol. The van der Waals surface area contributed by atoms with Crippen molar-refractivity contribution in [2.24, 2.45) is 0 Å². The Morgan fingerprint density at radius 3 is 2.38 bits per heavy atom. The van der Waals surface area contributed by atoms with E-state index in [1.54, 1.807) is 24.5 Å². The Balaban J connectivity index is 1.62. The Labute approximate surface area is 136 Å². The zero-order valence-electron chi connectivity index (χ0n) is 12.4. The van der Waals surface area contributed by atoms with Crippen molar-refractivity contribution in [2.45, 2.75) is 6.54 Å². The molecule has 0 spiro atoms. The number of aromatic amines is 1. The molecule has 1 aromatic carbocycles. The van der Waals surface area contributed by atoms with Crippen molar-refractivity contribution in [1.29, 1.82) is 0 Å². The average molecular weight is 323 g/mol. The summed E-state index contributed by atoms with van der Waals surface area (Å²) in [4.78, 5) is 31.1. The van der Waals surface area contributed by atoms with E-state index in [4.69, 9.17) is 5.11 Å². The molecule has 0 aliphatic carbocycles. The molecule has 3 N–H and O–H groups in total. The fraction of sp³-hybridized carbons (Fsp3) is 0.0625. The van der Waals surface area contributed by atoms with Crippen LogP contribution in [0.4, 0.5) is 0 Å². The van der Waals surface area contributed by atoms with Gasteiger partial charge in [0.2, 0.25) is 0 Å². The van der Waals surface area contributed by atoms with E-state index >= 15 is 0 Å². The highest BCUT2D eigenvalue weighted by Crippen LogP contribution is 2.12. The average Bonchev–Trinajstić information content (AvgIpc) is 3.09. The Kier molecular flexibility index (Phi) is 4.28. The second-order valence-electron chi connectivity index (χ2n) is 4.91. The molecule has 8 nitrogen and oxygen atoms in total. The number of carbonyl (C=O) groups excluding carboxylic acids is 1. The van der Waals surface area contributed by atoms with Crippen molar-refractivity contribution in [3.05, 3.63) is 65.7 Å². The number of pyridine rings is 1. The van der Waals surface area contributed by atoms with Crippen LogP contribution in [0.1, 0.15) is 26.5 Å². The minimum atomic E-state index is -1.03. The van der Waals surface area contributed by atoms with E-state index in [1.165, 1.54) is 24.3 Å². The summed E-state index contributed by atoms with van der Waals surface area (Å²) < 4.78 is 0. The molecule has 0 saturated heterocycles. The first-order valence-electron chi connectivity index (χ1n) is 7.07. The molecule has 24 heavy (non-hydrogen) atoms. The smallest absolute Gasteiger partial charge is 0.335 e. The van der Waals surface area contributed by atoms with Crippen molar-refractivity contribution >= 4 is 11.9 Å². The number of H-pyrrole nitrogens is 1. The van der Waals surface area contributed by atoms with Crippen LogP contribution in [0.3, 0.4) is 0 Å². The Morgan fingerprint density at radius 1 is 1.04 bits per heavy atom. The van der Waals surface area contributed by atoms with Crippen LogP contribution in [-0.4, -0.2) is 37.1 Å². The third-order valence-electron chi connectivity index (χ3n) is 3.28. The quantitative estimate of drug-likeness (QED) is 0.654. The Bertz CT molecular complexity index is 859. The zero-order valence-corrected chi connectivity index (χ0v) is 12.4. The van der Waals surface area contributed by atoms with E-state index in [0.29, 0.717) is 17.2 Å². The Hall–Kier alpha value is -3.55. The van der Waals surface area contributed by atoms with Gasteiger partial charge in [0, 0.05) is 23.5 Å². The maximum atomic E-state index is 12.0. The molecule has 3 rings (SSSR count). The second kappa shape index (κ2) is 6.69. The molecule has 2 aromatic heterocycles. The molecule has 0 aliphatic heterocycles. The summed E-state index contributed by atoms with van der Waals surface area (Å²) >= 11 is 0. The van der Waals surface area contributed by atoms with E-state index in [1.807, 2.05) is 0 Å². The molecule has 3 aromatic rings. The van der Waals surface area contributed by atoms with Gasteiger partial charge in [0.25, 0.3) is 5.91 Å². The molecule has 1 amide bonds. The molecular formula is C16H13N5O3. The summed E-state index contributed by atoms with van der Waals surface area (Å²) in [5, 5.41) is 18.4. The van der Waals surface area contributed by atoms with E-state index in [0.717, 1.165) is 5.56 Å². The van der Waals surface area contributed by atoms with Gasteiger partial charge in [0.15, 0.2) is 5.82 Å². The second-order valence-corrected chi connectivity index (χ2v) is 4.91. The Morgan fingerprint density at radius 2 is 1.71 bits per heavy atom. The third kappa shape index (κ3) is 3.43. The van der Waals surface area contributed by atoms with Gasteiger partial charge < -0.3 is 10.4 Å². The fourth-order valence-corrected chi connectivity index (χ4v) is 2.03. The van der Waals surface area contributed by atoms with E-state index < -0.39 is 5.97 Å². The lowest BCUT2D eigenvalue weighted by molar-refractivity contribution is 0.0696. The molecule has 0 radical (unpaired) electrons. The van der Waals surface area contributed by atoms with Gasteiger partial charge >= 0.3 is 5.97 Å². The van der Waals surface area contributed by atoms with Crippen molar-refractivity contribution in [2.75, 3.05) is 0 Å². The van der Waals surface area contributed by atoms with Crippen molar-refractivity contribution in [3.8, 4) is 11.4 Å². The molecule has 0 atom stereocenters. The molecule has 120 valence electrons. The number of nitrogens with zero attached hydrogens (tertiary/aromatic N) is 3. The molecule has 2 heterocycles. The minimum absolute atomic E-state index is 0.128. The molecular weight excluding hydrogens is 310 g/mol. The summed E-state index contributed by atoms with van der Waals surface area (Å²) in [7, 11) is 0. The number of carbonyl (C=O) groups is 2. The van der Waals surface area contributed by atoms with Crippen molar-refractivity contribution < 1.29 is 14.7 Å². The van der Waals surface area contributed by atoms with Crippen LogP contribution < -0.4 is 5.32 Å². The maximum absolute atomic E-state index is 12.0. The zero-order chi connectivity index (χ0) is 16.9. The molecule has 0 bridgehead atoms. The number of aromatic carboxylic acids is 1. The highest BCUT2D eigenvalue weighted by atomic mass is 16.4. The molecule has 0 unspecified atom stereocenters. The van der Waals surface area contributed by atoms with Gasteiger partial charge in [-0.05, 0) is 36.4 Å². The highest BCUT2D eigenvalue weighted by Gasteiger charge is 2.10. The van der Waals surface area contributed by atoms with Crippen LogP contribution in [0.15, 0.2) is 48.8 Å². The molecule has 8 heteroatoms. The largest absolute Gasteiger partial charge is 0.478 e. The van der Waals surface area contributed by atoms with Gasteiger partial charge in [-0.3, -0.25) is 14.9 Å². The highest BCUT2D eigenvalue weighted by molar-refractivity contribution is 5.95. The van der Waals surface area contributed by atoms with Crippen LogP contribution in [-0.2, 0) is 6.54 Å². The normalized spacial score (nSPS) is 10.3. The van der Waals surface area contributed by atoms with Crippen LogP contribution in [0.2, 0.25) is 0 Å². The summed E-state index contributed by atoms with van der Waals surface area (Å²) in [6.45, 7) is 0.178. The van der Waals surface area contributed by atoms with Crippen LogP contribution in [0.25, 0.3) is 11.4 Å². The SMILES string of the molecule is O=C(O)c1ccc(C(=O)NCc2nc(-c3ccncc3)n[nH]2)cc1. The van der Waals surface area contributed by atoms with Gasteiger partial charge in [-0.15, -0.1) is 0 Å². The first-order chi connectivity index (χ1) is 11.6. The third-order valence-corrected chi connectivity index (χ3v) is 3.28. The lowest BCUT2D eigenvalue weighted by atomic mass is 10.1.